The van der Waals surface area contributed by atoms with Crippen molar-refractivity contribution < 1.29 is 9.21 Å². The second-order valence-corrected chi connectivity index (χ2v) is 5.09. The smallest absolute Gasteiger partial charge is 0.274 e. The van der Waals surface area contributed by atoms with Crippen LogP contribution in [0.3, 0.4) is 0 Å². The van der Waals surface area contributed by atoms with Crippen LogP contribution in [0.2, 0.25) is 0 Å². The minimum absolute atomic E-state index is 0.0280. The second-order valence-electron chi connectivity index (χ2n) is 5.09. The van der Waals surface area contributed by atoms with E-state index in [2.05, 4.69) is 15.5 Å². The number of carbonyl (C=O) groups excluding carboxylic acids is 1. The Morgan fingerprint density at radius 1 is 1.19 bits per heavy atom. The first kappa shape index (κ1) is 13.6. The van der Waals surface area contributed by atoms with Gasteiger partial charge < -0.3 is 14.6 Å². The number of hydrogen-bond donors (Lipinski definition) is 1. The highest BCUT2D eigenvalue weighted by Gasteiger charge is 2.19. The van der Waals surface area contributed by atoms with Gasteiger partial charge in [0.1, 0.15) is 11.6 Å². The molecule has 110 valence electrons. The largest absolute Gasteiger partial charge is 0.467 e. The normalized spacial score (nSPS) is 15.0. The number of piperidine rings is 1. The molecule has 0 radical (unpaired) electrons. The third kappa shape index (κ3) is 3.39. The maximum Gasteiger partial charge on any atom is 0.274 e. The lowest BCUT2D eigenvalue weighted by Gasteiger charge is -2.26. The first-order chi connectivity index (χ1) is 10.3. The van der Waals surface area contributed by atoms with Gasteiger partial charge in [0.2, 0.25) is 0 Å². The molecule has 3 rings (SSSR count). The maximum absolute atomic E-state index is 12.2. The van der Waals surface area contributed by atoms with Gasteiger partial charge in [-0.05, 0) is 43.5 Å². The van der Waals surface area contributed by atoms with Gasteiger partial charge >= 0.3 is 0 Å². The van der Waals surface area contributed by atoms with Crippen molar-refractivity contribution in [3.05, 3.63) is 42.0 Å². The molecule has 6 nitrogen and oxygen atoms in total. The molecular weight excluding hydrogens is 268 g/mol. The number of anilines is 1. The minimum Gasteiger partial charge on any atom is -0.467 e. The Bertz CT molecular complexity index is 574. The number of furan rings is 1. The Balaban J connectivity index is 1.59. The van der Waals surface area contributed by atoms with Crippen molar-refractivity contribution in [2.24, 2.45) is 0 Å². The quantitative estimate of drug-likeness (QED) is 0.933. The fourth-order valence-electron chi connectivity index (χ4n) is 2.39. The molecule has 1 saturated heterocycles. The summed E-state index contributed by atoms with van der Waals surface area (Å²) in [5, 5.41) is 11.2. The van der Waals surface area contributed by atoms with E-state index in [1.807, 2.05) is 17.0 Å². The summed E-state index contributed by atoms with van der Waals surface area (Å²) in [6.45, 7) is 2.18. The number of nitrogens with one attached hydrogen (secondary N) is 1. The Morgan fingerprint density at radius 3 is 2.71 bits per heavy atom. The van der Waals surface area contributed by atoms with E-state index in [9.17, 15) is 4.79 Å². The molecule has 0 saturated carbocycles. The average Bonchev–Trinajstić information content (AvgIpc) is 3.07. The molecule has 1 N–H and O–H groups in total. The van der Waals surface area contributed by atoms with E-state index in [1.165, 1.54) is 6.42 Å². The van der Waals surface area contributed by atoms with Crippen LogP contribution in [0.1, 0.15) is 35.5 Å². The summed E-state index contributed by atoms with van der Waals surface area (Å²) >= 11 is 0. The average molecular weight is 286 g/mol. The highest BCUT2D eigenvalue weighted by molar-refractivity contribution is 5.92. The minimum atomic E-state index is -0.0280. The van der Waals surface area contributed by atoms with Gasteiger partial charge in [0.25, 0.3) is 5.91 Å². The van der Waals surface area contributed by atoms with Gasteiger partial charge in [-0.1, -0.05) is 0 Å². The predicted molar refractivity (Wildman–Crippen MR) is 77.8 cm³/mol. The zero-order valence-corrected chi connectivity index (χ0v) is 11.8. The summed E-state index contributed by atoms with van der Waals surface area (Å²) in [5.74, 6) is 1.42. The van der Waals surface area contributed by atoms with Gasteiger partial charge in [-0.2, -0.15) is 0 Å². The van der Waals surface area contributed by atoms with Crippen molar-refractivity contribution in [3.63, 3.8) is 0 Å². The van der Waals surface area contributed by atoms with E-state index in [-0.39, 0.29) is 5.91 Å². The summed E-state index contributed by atoms with van der Waals surface area (Å²) < 4.78 is 5.23. The zero-order chi connectivity index (χ0) is 14.5. The van der Waals surface area contributed by atoms with Gasteiger partial charge in [-0.25, -0.2) is 0 Å². The van der Waals surface area contributed by atoms with Crippen LogP contribution in [0.5, 0.6) is 0 Å². The van der Waals surface area contributed by atoms with Gasteiger partial charge in [-0.15, -0.1) is 10.2 Å². The molecule has 6 heteroatoms. The zero-order valence-electron chi connectivity index (χ0n) is 11.8. The van der Waals surface area contributed by atoms with Crippen molar-refractivity contribution in [2.75, 3.05) is 18.4 Å². The van der Waals surface area contributed by atoms with E-state index >= 15 is 0 Å². The molecule has 0 aliphatic carbocycles. The monoisotopic (exact) mass is 286 g/mol. The Kier molecular flexibility index (Phi) is 4.14. The summed E-state index contributed by atoms with van der Waals surface area (Å²) in [6, 6.07) is 7.21. The third-order valence-corrected chi connectivity index (χ3v) is 3.55. The van der Waals surface area contributed by atoms with E-state index in [4.69, 9.17) is 4.42 Å². The fourth-order valence-corrected chi connectivity index (χ4v) is 2.39. The maximum atomic E-state index is 12.2. The standard InChI is InChI=1S/C15H18N4O2/c20-15(19-8-2-1-3-9-19)13-6-7-14(18-17-13)16-11-12-5-4-10-21-12/h4-7,10H,1-3,8-9,11H2,(H,16,18). The molecule has 2 aromatic rings. The highest BCUT2D eigenvalue weighted by Crippen LogP contribution is 2.13. The molecule has 1 amide bonds. The van der Waals surface area contributed by atoms with Crippen molar-refractivity contribution >= 4 is 11.7 Å². The molecule has 1 aliphatic rings. The highest BCUT2D eigenvalue weighted by atomic mass is 16.3. The lowest BCUT2D eigenvalue weighted by molar-refractivity contribution is 0.0717. The van der Waals surface area contributed by atoms with Crippen LogP contribution in [-0.4, -0.2) is 34.1 Å². The topological polar surface area (TPSA) is 71.3 Å². The van der Waals surface area contributed by atoms with Crippen molar-refractivity contribution in [1.82, 2.24) is 15.1 Å². The predicted octanol–water partition coefficient (Wildman–Crippen LogP) is 2.31. The third-order valence-electron chi connectivity index (χ3n) is 3.55. The van der Waals surface area contributed by atoms with E-state index < -0.39 is 0 Å². The summed E-state index contributed by atoms with van der Waals surface area (Å²) in [5.41, 5.74) is 0.403. The molecule has 0 bridgehead atoms. The Morgan fingerprint density at radius 2 is 2.05 bits per heavy atom. The number of aromatic nitrogens is 2. The van der Waals surface area contributed by atoms with Crippen LogP contribution >= 0.6 is 0 Å². The molecule has 1 fully saturated rings. The summed E-state index contributed by atoms with van der Waals surface area (Å²) in [6.07, 6.45) is 4.97. The molecular formula is C15H18N4O2. The van der Waals surface area contributed by atoms with Crippen LogP contribution < -0.4 is 5.32 Å². The molecule has 0 unspecified atom stereocenters. The number of likely N-dealkylation sites (tertiary alicyclic amines) is 1. The molecule has 0 atom stereocenters. The first-order valence-corrected chi connectivity index (χ1v) is 7.22. The molecule has 1 aliphatic heterocycles. The SMILES string of the molecule is O=C(c1ccc(NCc2ccco2)nn1)N1CCCCC1. The molecule has 21 heavy (non-hydrogen) atoms. The Hall–Kier alpha value is -2.37. The lowest BCUT2D eigenvalue weighted by atomic mass is 10.1. The van der Waals surface area contributed by atoms with Gasteiger partial charge in [-0.3, -0.25) is 4.79 Å². The number of rotatable bonds is 4. The van der Waals surface area contributed by atoms with Crippen molar-refractivity contribution in [3.8, 4) is 0 Å². The van der Waals surface area contributed by atoms with Crippen LogP contribution in [0.4, 0.5) is 5.82 Å². The van der Waals surface area contributed by atoms with Gasteiger partial charge in [0.15, 0.2) is 5.69 Å². The number of amides is 1. The molecule has 2 aromatic heterocycles. The number of hydrogen-bond acceptors (Lipinski definition) is 5. The van der Waals surface area contributed by atoms with Crippen LogP contribution in [0, 0.1) is 0 Å². The molecule has 0 aromatic carbocycles. The van der Waals surface area contributed by atoms with E-state index in [0.717, 1.165) is 31.7 Å². The molecule has 0 spiro atoms. The number of nitrogens with zero attached hydrogens (tertiary/aromatic N) is 3. The lowest BCUT2D eigenvalue weighted by Crippen LogP contribution is -2.36. The summed E-state index contributed by atoms with van der Waals surface area (Å²) in [7, 11) is 0. The first-order valence-electron chi connectivity index (χ1n) is 7.22. The summed E-state index contributed by atoms with van der Waals surface area (Å²) in [4.78, 5) is 14.1. The fraction of sp³-hybridized carbons (Fsp3) is 0.400. The van der Waals surface area contributed by atoms with Crippen molar-refractivity contribution in [1.29, 1.82) is 0 Å². The van der Waals surface area contributed by atoms with E-state index in [0.29, 0.717) is 18.1 Å². The van der Waals surface area contributed by atoms with Crippen LogP contribution in [0.25, 0.3) is 0 Å². The van der Waals surface area contributed by atoms with Crippen LogP contribution in [-0.2, 0) is 6.54 Å². The van der Waals surface area contributed by atoms with E-state index in [1.54, 1.807) is 18.4 Å². The van der Waals surface area contributed by atoms with Gasteiger partial charge in [0, 0.05) is 13.1 Å². The van der Waals surface area contributed by atoms with Crippen molar-refractivity contribution in [2.45, 2.75) is 25.8 Å². The Labute approximate surface area is 123 Å². The second kappa shape index (κ2) is 6.39. The van der Waals surface area contributed by atoms with Gasteiger partial charge in [0.05, 0.1) is 12.8 Å². The molecule has 3 heterocycles. The van der Waals surface area contributed by atoms with Crippen LogP contribution in [0.15, 0.2) is 34.9 Å². The number of carbonyl (C=O) groups is 1.